The topological polar surface area (TPSA) is 59.1 Å². The van der Waals surface area contributed by atoms with Crippen LogP contribution in [0.15, 0.2) is 26.3 Å². The van der Waals surface area contributed by atoms with E-state index in [-0.39, 0.29) is 4.21 Å². The van der Waals surface area contributed by atoms with Crippen molar-refractivity contribution in [3.8, 4) is 0 Å². The fourth-order valence-electron chi connectivity index (χ4n) is 1.01. The molecule has 0 amide bonds. The Bertz CT molecular complexity index is 602. The summed E-state index contributed by atoms with van der Waals surface area (Å²) in [4.78, 5) is 4.92. The minimum Gasteiger partial charge on any atom is -0.254 e. The van der Waals surface area contributed by atoms with Crippen molar-refractivity contribution in [2.45, 2.75) is 11.1 Å². The molecule has 86 valence electrons. The Hall–Kier alpha value is -0.440. The lowest BCUT2D eigenvalue weighted by Crippen LogP contribution is -2.10. The van der Waals surface area contributed by atoms with Crippen molar-refractivity contribution in [2.24, 2.45) is 0 Å². The molecule has 0 fully saturated rings. The highest BCUT2D eigenvalue weighted by molar-refractivity contribution is 9.11. The number of nitrogens with one attached hydrogen (secondary N) is 1. The predicted octanol–water partition coefficient (Wildman–Crippen LogP) is 3.08. The molecular weight excluding hydrogens is 332 g/mol. The summed E-state index contributed by atoms with van der Waals surface area (Å²) in [5.74, 6) is 0. The predicted molar refractivity (Wildman–Crippen MR) is 69.7 cm³/mol. The van der Waals surface area contributed by atoms with Gasteiger partial charge < -0.3 is 0 Å². The number of nitrogens with zero attached hydrogens (tertiary/aromatic N) is 1. The molecule has 0 aromatic carbocycles. The van der Waals surface area contributed by atoms with Gasteiger partial charge in [0, 0.05) is 11.1 Å². The fraction of sp³-hybridized carbons (Fsp3) is 0.125. The highest BCUT2D eigenvalue weighted by atomic mass is 79.9. The first kappa shape index (κ1) is 12.0. The molecule has 2 aromatic rings. The molecule has 0 atom stereocenters. The van der Waals surface area contributed by atoms with Crippen molar-refractivity contribution in [3.63, 3.8) is 0 Å². The zero-order valence-electron chi connectivity index (χ0n) is 8.10. The quantitative estimate of drug-likeness (QED) is 0.935. The van der Waals surface area contributed by atoms with E-state index in [2.05, 4.69) is 25.6 Å². The van der Waals surface area contributed by atoms with Crippen LogP contribution < -0.4 is 4.72 Å². The van der Waals surface area contributed by atoms with E-state index >= 15 is 0 Å². The first-order chi connectivity index (χ1) is 7.47. The maximum Gasteiger partial charge on any atom is 0.273 e. The standard InChI is InChI=1S/C8H7BrN2O2S3/c1-5-4-10-8(14-5)11-16(12,13)7-3-2-6(9)15-7/h2-4H,1H3,(H,10,11). The molecule has 0 aliphatic heterocycles. The van der Waals surface area contributed by atoms with Crippen LogP contribution in [0, 0.1) is 6.92 Å². The number of aromatic nitrogens is 1. The third-order valence-corrected chi connectivity index (χ3v) is 6.07. The number of halogens is 1. The van der Waals surface area contributed by atoms with Gasteiger partial charge in [0.2, 0.25) is 0 Å². The van der Waals surface area contributed by atoms with E-state index in [9.17, 15) is 8.42 Å². The molecular formula is C8H7BrN2O2S3. The van der Waals surface area contributed by atoms with Crippen LogP contribution >= 0.6 is 38.6 Å². The fourth-order valence-corrected chi connectivity index (χ4v) is 4.93. The third kappa shape index (κ3) is 2.62. The van der Waals surface area contributed by atoms with Crippen LogP contribution in [0.4, 0.5) is 5.13 Å². The Kier molecular flexibility index (Phi) is 3.34. The highest BCUT2D eigenvalue weighted by Crippen LogP contribution is 2.28. The average molecular weight is 339 g/mol. The molecule has 0 aliphatic rings. The number of hydrogen-bond acceptors (Lipinski definition) is 5. The summed E-state index contributed by atoms with van der Waals surface area (Å²) in [5, 5.41) is 0.391. The molecule has 0 aliphatic carbocycles. The number of sulfonamides is 1. The highest BCUT2D eigenvalue weighted by Gasteiger charge is 2.17. The van der Waals surface area contributed by atoms with Crippen molar-refractivity contribution in [3.05, 3.63) is 27.0 Å². The van der Waals surface area contributed by atoms with E-state index in [0.29, 0.717) is 5.13 Å². The smallest absolute Gasteiger partial charge is 0.254 e. The summed E-state index contributed by atoms with van der Waals surface area (Å²) >= 11 is 5.70. The molecule has 1 N–H and O–H groups in total. The van der Waals surface area contributed by atoms with Gasteiger partial charge in [-0.25, -0.2) is 13.4 Å². The molecule has 0 bridgehead atoms. The van der Waals surface area contributed by atoms with E-state index in [1.54, 1.807) is 18.3 Å². The van der Waals surface area contributed by atoms with E-state index in [1.165, 1.54) is 11.3 Å². The van der Waals surface area contributed by atoms with Crippen LogP contribution in [-0.2, 0) is 10.0 Å². The summed E-state index contributed by atoms with van der Waals surface area (Å²) in [6.07, 6.45) is 1.63. The van der Waals surface area contributed by atoms with E-state index in [4.69, 9.17) is 0 Å². The Morgan fingerprint density at radius 3 is 2.62 bits per heavy atom. The summed E-state index contributed by atoms with van der Waals surface area (Å²) < 4.78 is 27.2. The maximum atomic E-state index is 11.9. The SMILES string of the molecule is Cc1cnc(NS(=O)(=O)c2ccc(Br)s2)s1. The molecule has 4 nitrogen and oxygen atoms in total. The summed E-state index contributed by atoms with van der Waals surface area (Å²) in [6.45, 7) is 1.87. The third-order valence-electron chi connectivity index (χ3n) is 1.66. The molecule has 0 radical (unpaired) electrons. The minimum atomic E-state index is -3.49. The van der Waals surface area contributed by atoms with E-state index < -0.39 is 10.0 Å². The van der Waals surface area contributed by atoms with Gasteiger partial charge in [0.25, 0.3) is 10.0 Å². The Morgan fingerprint density at radius 1 is 1.38 bits per heavy atom. The number of anilines is 1. The normalized spacial score (nSPS) is 11.6. The summed E-state index contributed by atoms with van der Waals surface area (Å²) in [7, 11) is -3.49. The van der Waals surface area contributed by atoms with Crippen molar-refractivity contribution in [1.29, 1.82) is 0 Å². The van der Waals surface area contributed by atoms with Gasteiger partial charge in [-0.15, -0.1) is 22.7 Å². The molecule has 8 heteroatoms. The van der Waals surface area contributed by atoms with Crippen molar-refractivity contribution in [1.82, 2.24) is 4.98 Å². The number of thiazole rings is 1. The van der Waals surface area contributed by atoms with Crippen LogP contribution in [-0.4, -0.2) is 13.4 Å². The number of rotatable bonds is 3. The van der Waals surface area contributed by atoms with Crippen LogP contribution in [0.5, 0.6) is 0 Å². The van der Waals surface area contributed by atoms with Crippen LogP contribution in [0.1, 0.15) is 4.88 Å². The van der Waals surface area contributed by atoms with Crippen LogP contribution in [0.25, 0.3) is 0 Å². The Balaban J connectivity index is 2.27. The molecule has 0 saturated carbocycles. The van der Waals surface area contributed by atoms with Crippen LogP contribution in [0.3, 0.4) is 0 Å². The Morgan fingerprint density at radius 2 is 2.12 bits per heavy atom. The summed E-state index contributed by atoms with van der Waals surface area (Å²) in [6, 6.07) is 3.25. The van der Waals surface area contributed by atoms with Gasteiger partial charge in [-0.05, 0) is 35.0 Å². The zero-order valence-corrected chi connectivity index (χ0v) is 12.1. The molecule has 0 unspecified atom stereocenters. The van der Waals surface area contributed by atoms with Gasteiger partial charge in [0.05, 0.1) is 3.79 Å². The molecule has 2 heterocycles. The molecule has 16 heavy (non-hydrogen) atoms. The first-order valence-corrected chi connectivity index (χ1v) is 8.09. The second-order valence-corrected chi connectivity index (χ2v) is 8.55. The van der Waals surface area contributed by atoms with Gasteiger partial charge >= 0.3 is 0 Å². The summed E-state index contributed by atoms with van der Waals surface area (Å²) in [5.41, 5.74) is 0. The second-order valence-electron chi connectivity index (χ2n) is 2.94. The van der Waals surface area contributed by atoms with Crippen molar-refractivity contribution in [2.75, 3.05) is 4.72 Å². The van der Waals surface area contributed by atoms with Crippen LogP contribution in [0.2, 0.25) is 0 Å². The monoisotopic (exact) mass is 338 g/mol. The number of hydrogen-bond donors (Lipinski definition) is 1. The average Bonchev–Trinajstić information content (AvgIpc) is 2.75. The minimum absolute atomic E-state index is 0.271. The van der Waals surface area contributed by atoms with Gasteiger partial charge in [0.15, 0.2) is 5.13 Å². The number of thiophene rings is 1. The molecule has 2 rings (SSSR count). The van der Waals surface area contributed by atoms with E-state index in [1.807, 2.05) is 6.92 Å². The largest absolute Gasteiger partial charge is 0.273 e. The van der Waals surface area contributed by atoms with Gasteiger partial charge in [-0.3, -0.25) is 4.72 Å². The second kappa shape index (κ2) is 4.44. The van der Waals surface area contributed by atoms with Crippen molar-refractivity contribution >= 4 is 53.8 Å². The van der Waals surface area contributed by atoms with Gasteiger partial charge in [0.1, 0.15) is 4.21 Å². The molecule has 0 saturated heterocycles. The lowest BCUT2D eigenvalue weighted by molar-refractivity contribution is 0.603. The zero-order chi connectivity index (χ0) is 11.8. The van der Waals surface area contributed by atoms with Gasteiger partial charge in [-0.2, -0.15) is 0 Å². The lowest BCUT2D eigenvalue weighted by Gasteiger charge is -2.01. The number of aryl methyl sites for hydroxylation is 1. The molecule has 2 aromatic heterocycles. The van der Waals surface area contributed by atoms with E-state index in [0.717, 1.165) is 20.0 Å². The first-order valence-electron chi connectivity index (χ1n) is 4.18. The molecule has 0 spiro atoms. The van der Waals surface area contributed by atoms with Gasteiger partial charge in [-0.1, -0.05) is 0 Å². The maximum absolute atomic E-state index is 11.9. The Labute approximate surface area is 110 Å². The van der Waals surface area contributed by atoms with Crippen molar-refractivity contribution < 1.29 is 8.42 Å². The lowest BCUT2D eigenvalue weighted by atomic mass is 10.7.